The second kappa shape index (κ2) is 7.25. The molecule has 0 aromatic heterocycles. The van der Waals surface area contributed by atoms with Crippen molar-refractivity contribution in [1.82, 2.24) is 0 Å². The number of aliphatic hydroxyl groups is 1. The number of rotatable bonds is 4. The number of fused-ring (bicyclic) bond motifs is 2. The van der Waals surface area contributed by atoms with E-state index in [4.69, 9.17) is 14.2 Å². The van der Waals surface area contributed by atoms with Crippen molar-refractivity contribution in [2.45, 2.75) is 25.4 Å². The summed E-state index contributed by atoms with van der Waals surface area (Å²) in [6.07, 6.45) is 2.08. The lowest BCUT2D eigenvalue weighted by molar-refractivity contribution is -0.118. The molecule has 0 fully saturated rings. The number of nitrogens with one attached hydrogen (secondary N) is 1. The van der Waals surface area contributed by atoms with Crippen molar-refractivity contribution in [3.8, 4) is 17.2 Å². The molecular formula is C20H21NO5. The predicted octanol–water partition coefficient (Wildman–Crippen LogP) is 2.85. The highest BCUT2D eigenvalue weighted by Crippen LogP contribution is 2.35. The van der Waals surface area contributed by atoms with E-state index in [-0.39, 0.29) is 12.5 Å². The van der Waals surface area contributed by atoms with Crippen LogP contribution >= 0.6 is 0 Å². The Balaban J connectivity index is 1.40. The summed E-state index contributed by atoms with van der Waals surface area (Å²) in [4.78, 5) is 12.2. The van der Waals surface area contributed by atoms with Crippen molar-refractivity contribution in [2.75, 3.05) is 25.1 Å². The number of aliphatic hydroxyl groups excluding tert-OH is 1. The SMILES string of the molecule is O=C(COc1cccc2c1CCC[C@@H]2O)Nc1ccc2c(c1)OCCO2. The van der Waals surface area contributed by atoms with Crippen LogP contribution in [0.25, 0.3) is 0 Å². The number of amides is 1. The molecule has 6 heteroatoms. The van der Waals surface area contributed by atoms with E-state index in [0.29, 0.717) is 36.1 Å². The smallest absolute Gasteiger partial charge is 0.262 e. The summed E-state index contributed by atoms with van der Waals surface area (Å²) in [5, 5.41) is 12.9. The van der Waals surface area contributed by atoms with Gasteiger partial charge in [0.25, 0.3) is 5.91 Å². The fraction of sp³-hybridized carbons (Fsp3) is 0.350. The molecule has 1 amide bonds. The molecule has 2 N–H and O–H groups in total. The van der Waals surface area contributed by atoms with Crippen LogP contribution in [-0.2, 0) is 11.2 Å². The van der Waals surface area contributed by atoms with E-state index >= 15 is 0 Å². The van der Waals surface area contributed by atoms with Crippen LogP contribution in [0.4, 0.5) is 5.69 Å². The fourth-order valence-electron chi connectivity index (χ4n) is 3.39. The number of hydrogen-bond acceptors (Lipinski definition) is 5. The second-order valence-corrected chi connectivity index (χ2v) is 6.43. The van der Waals surface area contributed by atoms with Crippen LogP contribution < -0.4 is 19.5 Å². The van der Waals surface area contributed by atoms with Gasteiger partial charge in [-0.3, -0.25) is 4.79 Å². The Morgan fingerprint density at radius 3 is 2.92 bits per heavy atom. The molecule has 0 radical (unpaired) electrons. The van der Waals surface area contributed by atoms with Gasteiger partial charge in [-0.25, -0.2) is 0 Å². The van der Waals surface area contributed by atoms with Crippen molar-refractivity contribution in [2.24, 2.45) is 0 Å². The predicted molar refractivity (Wildman–Crippen MR) is 95.9 cm³/mol. The maximum atomic E-state index is 12.2. The highest BCUT2D eigenvalue weighted by atomic mass is 16.6. The third-order valence-electron chi connectivity index (χ3n) is 4.62. The summed E-state index contributed by atoms with van der Waals surface area (Å²) in [7, 11) is 0. The number of hydrogen-bond donors (Lipinski definition) is 2. The van der Waals surface area contributed by atoms with Crippen LogP contribution in [0, 0.1) is 0 Å². The zero-order valence-corrected chi connectivity index (χ0v) is 14.4. The third-order valence-corrected chi connectivity index (χ3v) is 4.62. The molecule has 1 atom stereocenters. The highest BCUT2D eigenvalue weighted by molar-refractivity contribution is 5.92. The highest BCUT2D eigenvalue weighted by Gasteiger charge is 2.21. The molecule has 2 aromatic carbocycles. The maximum absolute atomic E-state index is 12.2. The number of carbonyl (C=O) groups excluding carboxylic acids is 1. The minimum Gasteiger partial charge on any atom is -0.486 e. The fourth-order valence-corrected chi connectivity index (χ4v) is 3.39. The Morgan fingerprint density at radius 1 is 1.19 bits per heavy atom. The van der Waals surface area contributed by atoms with E-state index in [9.17, 15) is 9.90 Å². The Bertz CT molecular complexity index is 820. The van der Waals surface area contributed by atoms with Gasteiger partial charge in [-0.15, -0.1) is 0 Å². The third kappa shape index (κ3) is 3.46. The number of ether oxygens (including phenoxy) is 3. The van der Waals surface area contributed by atoms with Crippen LogP contribution in [0.2, 0.25) is 0 Å². The molecule has 1 heterocycles. The Morgan fingerprint density at radius 2 is 2.04 bits per heavy atom. The molecule has 4 rings (SSSR count). The van der Waals surface area contributed by atoms with Gasteiger partial charge in [0.05, 0.1) is 6.10 Å². The average Bonchev–Trinajstić information content (AvgIpc) is 2.67. The van der Waals surface area contributed by atoms with Crippen LogP contribution in [0.1, 0.15) is 30.1 Å². The summed E-state index contributed by atoms with van der Waals surface area (Å²) in [6, 6.07) is 10.9. The largest absolute Gasteiger partial charge is 0.486 e. The quantitative estimate of drug-likeness (QED) is 0.882. The molecule has 0 spiro atoms. The minimum atomic E-state index is -0.450. The van der Waals surface area contributed by atoms with Gasteiger partial charge in [-0.05, 0) is 48.6 Å². The summed E-state index contributed by atoms with van der Waals surface area (Å²) in [5.74, 6) is 1.72. The molecule has 1 aliphatic heterocycles. The van der Waals surface area contributed by atoms with Gasteiger partial charge in [0.1, 0.15) is 19.0 Å². The van der Waals surface area contributed by atoms with E-state index in [2.05, 4.69) is 5.32 Å². The number of benzene rings is 2. The van der Waals surface area contributed by atoms with Gasteiger partial charge >= 0.3 is 0 Å². The topological polar surface area (TPSA) is 77.0 Å². The zero-order valence-electron chi connectivity index (χ0n) is 14.4. The number of anilines is 1. The molecule has 1 aliphatic carbocycles. The first-order valence-corrected chi connectivity index (χ1v) is 8.83. The normalized spacial score (nSPS) is 18.0. The van der Waals surface area contributed by atoms with Gasteiger partial charge in [0.2, 0.25) is 0 Å². The zero-order chi connectivity index (χ0) is 17.9. The van der Waals surface area contributed by atoms with Crippen molar-refractivity contribution >= 4 is 11.6 Å². The molecule has 136 valence electrons. The van der Waals surface area contributed by atoms with Crippen LogP contribution in [0.15, 0.2) is 36.4 Å². The summed E-state index contributed by atoms with van der Waals surface area (Å²) in [5.41, 5.74) is 2.53. The van der Waals surface area contributed by atoms with E-state index in [1.165, 1.54) is 0 Å². The maximum Gasteiger partial charge on any atom is 0.262 e. The van der Waals surface area contributed by atoms with Gasteiger partial charge < -0.3 is 24.6 Å². The van der Waals surface area contributed by atoms with Gasteiger partial charge in [0, 0.05) is 11.8 Å². The van der Waals surface area contributed by atoms with Gasteiger partial charge in [-0.2, -0.15) is 0 Å². The van der Waals surface area contributed by atoms with Gasteiger partial charge in [-0.1, -0.05) is 12.1 Å². The van der Waals surface area contributed by atoms with Crippen molar-refractivity contribution in [3.63, 3.8) is 0 Å². The first-order valence-electron chi connectivity index (χ1n) is 8.83. The Labute approximate surface area is 151 Å². The second-order valence-electron chi connectivity index (χ2n) is 6.43. The van der Waals surface area contributed by atoms with Crippen LogP contribution in [0.5, 0.6) is 17.2 Å². The minimum absolute atomic E-state index is 0.0962. The molecule has 0 unspecified atom stereocenters. The lowest BCUT2D eigenvalue weighted by atomic mass is 9.89. The first-order chi connectivity index (χ1) is 12.7. The molecular weight excluding hydrogens is 334 g/mol. The van der Waals surface area contributed by atoms with Crippen molar-refractivity contribution in [1.29, 1.82) is 0 Å². The molecule has 0 bridgehead atoms. The molecule has 26 heavy (non-hydrogen) atoms. The molecule has 2 aromatic rings. The summed E-state index contributed by atoms with van der Waals surface area (Å²) in [6.45, 7) is 0.933. The van der Waals surface area contributed by atoms with E-state index in [1.807, 2.05) is 18.2 Å². The molecule has 2 aliphatic rings. The molecule has 0 saturated heterocycles. The van der Waals surface area contributed by atoms with Crippen molar-refractivity contribution < 1.29 is 24.1 Å². The van der Waals surface area contributed by atoms with Crippen LogP contribution in [-0.4, -0.2) is 30.8 Å². The lowest BCUT2D eigenvalue weighted by Crippen LogP contribution is -2.21. The monoisotopic (exact) mass is 355 g/mol. The number of carbonyl (C=O) groups is 1. The first kappa shape index (κ1) is 16.7. The Hall–Kier alpha value is -2.73. The van der Waals surface area contributed by atoms with E-state index in [0.717, 1.165) is 30.4 Å². The van der Waals surface area contributed by atoms with E-state index < -0.39 is 6.10 Å². The van der Waals surface area contributed by atoms with Gasteiger partial charge in [0.15, 0.2) is 18.1 Å². The standard InChI is InChI=1S/C20H21NO5/c22-16-5-1-4-15-14(16)3-2-6-17(15)26-12-20(23)21-13-7-8-18-19(11-13)25-10-9-24-18/h2-3,6-8,11,16,22H,1,4-5,9-10,12H2,(H,21,23)/t16-/m0/s1. The lowest BCUT2D eigenvalue weighted by Gasteiger charge is -2.23. The van der Waals surface area contributed by atoms with E-state index in [1.54, 1.807) is 18.2 Å². The molecule has 6 nitrogen and oxygen atoms in total. The summed E-state index contributed by atoms with van der Waals surface area (Å²) < 4.78 is 16.7. The Kier molecular flexibility index (Phi) is 4.67. The summed E-state index contributed by atoms with van der Waals surface area (Å²) >= 11 is 0. The average molecular weight is 355 g/mol. The van der Waals surface area contributed by atoms with Crippen molar-refractivity contribution in [3.05, 3.63) is 47.5 Å². The molecule has 0 saturated carbocycles. The van der Waals surface area contributed by atoms with Crippen LogP contribution in [0.3, 0.4) is 0 Å².